The number of aromatic nitrogens is 2. The van der Waals surface area contributed by atoms with Crippen molar-refractivity contribution in [1.82, 2.24) is 14.7 Å². The molecule has 0 aliphatic carbocycles. The Hall–Kier alpha value is -3.14. The van der Waals surface area contributed by atoms with Gasteiger partial charge in [0.15, 0.2) is 0 Å². The number of hydrogen-bond donors (Lipinski definition) is 0. The minimum atomic E-state index is -0.0277. The highest BCUT2D eigenvalue weighted by Gasteiger charge is 2.16. The molecule has 0 unspecified atom stereocenters. The summed E-state index contributed by atoms with van der Waals surface area (Å²) in [6.07, 6.45) is 3.45. The highest BCUT2D eigenvalue weighted by Crippen LogP contribution is 2.19. The van der Waals surface area contributed by atoms with E-state index in [0.717, 1.165) is 28.2 Å². The van der Waals surface area contributed by atoms with Crippen molar-refractivity contribution >= 4 is 12.0 Å². The number of likely N-dealkylation sites (N-methyl/N-ethyl adjacent to an activating group) is 1. The van der Waals surface area contributed by atoms with Gasteiger partial charge in [0.25, 0.3) is 0 Å². The summed E-state index contributed by atoms with van der Waals surface area (Å²) in [5.74, 6) is -0.0277. The highest BCUT2D eigenvalue weighted by molar-refractivity contribution is 5.91. The Morgan fingerprint density at radius 3 is 2.31 bits per heavy atom. The van der Waals surface area contributed by atoms with E-state index in [-0.39, 0.29) is 5.91 Å². The van der Waals surface area contributed by atoms with Gasteiger partial charge in [0.1, 0.15) is 0 Å². The van der Waals surface area contributed by atoms with Crippen LogP contribution in [0, 0.1) is 13.8 Å². The van der Waals surface area contributed by atoms with Gasteiger partial charge >= 0.3 is 0 Å². The number of benzene rings is 2. The number of hydrogen-bond acceptors (Lipinski definition) is 2. The van der Waals surface area contributed by atoms with E-state index in [2.05, 4.69) is 5.10 Å². The third-order valence-electron chi connectivity index (χ3n) is 4.43. The molecule has 1 aromatic heterocycles. The van der Waals surface area contributed by atoms with Crippen LogP contribution >= 0.6 is 0 Å². The van der Waals surface area contributed by atoms with Crippen molar-refractivity contribution in [3.63, 3.8) is 0 Å². The summed E-state index contributed by atoms with van der Waals surface area (Å²) in [6.45, 7) is 4.56. The van der Waals surface area contributed by atoms with Gasteiger partial charge in [-0.25, -0.2) is 4.68 Å². The molecule has 0 bridgehead atoms. The van der Waals surface area contributed by atoms with E-state index in [1.807, 2.05) is 92.3 Å². The van der Waals surface area contributed by atoms with Crippen molar-refractivity contribution in [2.75, 3.05) is 7.05 Å². The second kappa shape index (κ2) is 7.83. The third kappa shape index (κ3) is 3.91. The Bertz CT molecular complexity index is 911. The second-order valence-corrected chi connectivity index (χ2v) is 6.34. The molecule has 0 saturated carbocycles. The Kier molecular flexibility index (Phi) is 5.32. The van der Waals surface area contributed by atoms with E-state index in [9.17, 15) is 4.79 Å². The number of carbonyl (C=O) groups excluding carboxylic acids is 1. The molecule has 132 valence electrons. The molecule has 26 heavy (non-hydrogen) atoms. The smallest absolute Gasteiger partial charge is 0.246 e. The lowest BCUT2D eigenvalue weighted by Gasteiger charge is -2.15. The van der Waals surface area contributed by atoms with E-state index >= 15 is 0 Å². The van der Waals surface area contributed by atoms with E-state index in [0.29, 0.717) is 6.54 Å². The van der Waals surface area contributed by atoms with Gasteiger partial charge in [-0.3, -0.25) is 4.79 Å². The molecular formula is C22H23N3O. The topological polar surface area (TPSA) is 38.1 Å². The maximum Gasteiger partial charge on any atom is 0.246 e. The van der Waals surface area contributed by atoms with Gasteiger partial charge in [-0.2, -0.15) is 5.10 Å². The predicted octanol–water partition coefficient (Wildman–Crippen LogP) is 4.16. The quantitative estimate of drug-likeness (QED) is 0.651. The van der Waals surface area contributed by atoms with Crippen LogP contribution in [0.1, 0.15) is 22.5 Å². The molecule has 0 fully saturated rings. The Morgan fingerprint density at radius 1 is 1.04 bits per heavy atom. The first-order chi connectivity index (χ1) is 12.6. The van der Waals surface area contributed by atoms with Crippen LogP contribution in [0.2, 0.25) is 0 Å². The zero-order valence-electron chi connectivity index (χ0n) is 15.4. The SMILES string of the molecule is Cc1nn(-c2ccccc2)c(C)c1CN(C)C(=O)/C=C/c1ccccc1. The normalized spacial score (nSPS) is 11.0. The molecule has 2 aromatic carbocycles. The van der Waals surface area contributed by atoms with Gasteiger partial charge < -0.3 is 4.90 Å². The van der Waals surface area contributed by atoms with Crippen molar-refractivity contribution in [2.24, 2.45) is 0 Å². The third-order valence-corrected chi connectivity index (χ3v) is 4.43. The summed E-state index contributed by atoms with van der Waals surface area (Å²) in [5, 5.41) is 4.65. The Balaban J connectivity index is 1.75. The molecular weight excluding hydrogens is 322 g/mol. The molecule has 0 aliphatic heterocycles. The lowest BCUT2D eigenvalue weighted by Crippen LogP contribution is -2.24. The molecule has 4 nitrogen and oxygen atoms in total. The van der Waals surface area contributed by atoms with Crippen molar-refractivity contribution in [3.05, 3.63) is 89.3 Å². The van der Waals surface area contributed by atoms with Gasteiger partial charge in [0.05, 0.1) is 11.4 Å². The molecule has 1 heterocycles. The van der Waals surface area contributed by atoms with E-state index in [1.54, 1.807) is 11.0 Å². The number of carbonyl (C=O) groups is 1. The van der Waals surface area contributed by atoms with Gasteiger partial charge in [-0.1, -0.05) is 48.5 Å². The van der Waals surface area contributed by atoms with Gasteiger partial charge in [-0.15, -0.1) is 0 Å². The van der Waals surface area contributed by atoms with E-state index in [1.165, 1.54) is 0 Å². The van der Waals surface area contributed by atoms with Crippen LogP contribution in [0.25, 0.3) is 11.8 Å². The van der Waals surface area contributed by atoms with Gasteiger partial charge in [0.2, 0.25) is 5.91 Å². The number of rotatable bonds is 5. The number of para-hydroxylation sites is 1. The average Bonchev–Trinajstić information content (AvgIpc) is 2.95. The predicted molar refractivity (Wildman–Crippen MR) is 105 cm³/mol. The summed E-state index contributed by atoms with van der Waals surface area (Å²) < 4.78 is 1.93. The van der Waals surface area contributed by atoms with Crippen molar-refractivity contribution < 1.29 is 4.79 Å². The van der Waals surface area contributed by atoms with E-state index in [4.69, 9.17) is 0 Å². The van der Waals surface area contributed by atoms with Crippen molar-refractivity contribution in [1.29, 1.82) is 0 Å². The summed E-state index contributed by atoms with van der Waals surface area (Å²) in [6, 6.07) is 19.9. The first-order valence-electron chi connectivity index (χ1n) is 8.65. The van der Waals surface area contributed by atoms with Crippen molar-refractivity contribution in [3.8, 4) is 5.69 Å². The molecule has 0 N–H and O–H groups in total. The molecule has 0 spiro atoms. The fraction of sp³-hybridized carbons (Fsp3) is 0.182. The number of aryl methyl sites for hydroxylation is 1. The summed E-state index contributed by atoms with van der Waals surface area (Å²) >= 11 is 0. The molecule has 3 aromatic rings. The zero-order valence-corrected chi connectivity index (χ0v) is 15.4. The average molecular weight is 345 g/mol. The largest absolute Gasteiger partial charge is 0.338 e. The standard InChI is InChI=1S/C22H23N3O/c1-17-21(18(2)25(23-17)20-12-8-5-9-13-20)16-24(3)22(26)15-14-19-10-6-4-7-11-19/h4-15H,16H2,1-3H3/b15-14+. The maximum atomic E-state index is 12.4. The van der Waals surface area contributed by atoms with Crippen LogP contribution in [0.3, 0.4) is 0 Å². The lowest BCUT2D eigenvalue weighted by atomic mass is 10.1. The van der Waals surface area contributed by atoms with Crippen LogP contribution < -0.4 is 0 Å². The summed E-state index contributed by atoms with van der Waals surface area (Å²) in [7, 11) is 1.82. The van der Waals surface area contributed by atoms with E-state index < -0.39 is 0 Å². The first-order valence-corrected chi connectivity index (χ1v) is 8.65. The molecule has 0 radical (unpaired) electrons. The first kappa shape index (κ1) is 17.7. The molecule has 3 rings (SSSR count). The minimum absolute atomic E-state index is 0.0277. The van der Waals surface area contributed by atoms with Crippen LogP contribution in [0.4, 0.5) is 0 Å². The van der Waals surface area contributed by atoms with Crippen LogP contribution in [0.5, 0.6) is 0 Å². The molecule has 0 saturated heterocycles. The molecule has 1 amide bonds. The Morgan fingerprint density at radius 2 is 1.65 bits per heavy atom. The van der Waals surface area contributed by atoms with Crippen LogP contribution in [-0.4, -0.2) is 27.6 Å². The van der Waals surface area contributed by atoms with Gasteiger partial charge in [-0.05, 0) is 37.6 Å². The number of nitrogens with zero attached hydrogens (tertiary/aromatic N) is 3. The fourth-order valence-corrected chi connectivity index (χ4v) is 2.90. The van der Waals surface area contributed by atoms with Crippen molar-refractivity contribution in [2.45, 2.75) is 20.4 Å². The number of amides is 1. The molecule has 0 aliphatic rings. The molecule has 4 heteroatoms. The fourth-order valence-electron chi connectivity index (χ4n) is 2.90. The maximum absolute atomic E-state index is 12.4. The zero-order chi connectivity index (χ0) is 18.5. The second-order valence-electron chi connectivity index (χ2n) is 6.34. The summed E-state index contributed by atoms with van der Waals surface area (Å²) in [5.41, 5.74) is 5.12. The minimum Gasteiger partial charge on any atom is -0.338 e. The Labute approximate surface area is 154 Å². The summed E-state index contributed by atoms with van der Waals surface area (Å²) in [4.78, 5) is 14.1. The monoisotopic (exact) mass is 345 g/mol. The van der Waals surface area contributed by atoms with Crippen LogP contribution in [0.15, 0.2) is 66.7 Å². The lowest BCUT2D eigenvalue weighted by molar-refractivity contribution is -0.125. The van der Waals surface area contributed by atoms with Crippen LogP contribution in [-0.2, 0) is 11.3 Å². The molecule has 0 atom stereocenters. The highest BCUT2D eigenvalue weighted by atomic mass is 16.2. The van der Waals surface area contributed by atoms with Gasteiger partial charge in [0, 0.05) is 30.9 Å².